The van der Waals surface area contributed by atoms with Gasteiger partial charge in [-0.15, -0.1) is 0 Å². The molecule has 0 unspecified atom stereocenters. The van der Waals surface area contributed by atoms with Crippen LogP contribution < -0.4 is 5.32 Å². The van der Waals surface area contributed by atoms with Crippen LogP contribution in [0.4, 0.5) is 0 Å². The van der Waals surface area contributed by atoms with Crippen LogP contribution in [0, 0.1) is 0 Å². The average molecular weight is 424 g/mol. The number of carbonyl (C=O) groups excluding carboxylic acids is 1. The van der Waals surface area contributed by atoms with E-state index in [2.05, 4.69) is 9.88 Å². The van der Waals surface area contributed by atoms with Crippen LogP contribution in [0.2, 0.25) is 10.0 Å². The van der Waals surface area contributed by atoms with Crippen molar-refractivity contribution in [2.45, 2.75) is 19.5 Å². The van der Waals surface area contributed by atoms with Gasteiger partial charge in [-0.3, -0.25) is 4.79 Å². The minimum atomic E-state index is -0.309. The highest BCUT2D eigenvalue weighted by Crippen LogP contribution is 2.29. The molecule has 0 fully saturated rings. The summed E-state index contributed by atoms with van der Waals surface area (Å²) < 4.78 is 2.05. The second-order valence-corrected chi connectivity index (χ2v) is 7.62. The van der Waals surface area contributed by atoms with E-state index in [0.29, 0.717) is 22.2 Å². The molecule has 4 nitrogen and oxygen atoms in total. The van der Waals surface area contributed by atoms with Gasteiger partial charge in [-0.05, 0) is 43.3 Å². The number of benzene rings is 3. The quantitative estimate of drug-likeness (QED) is 0.435. The molecule has 146 valence electrons. The van der Waals surface area contributed by atoms with Crippen LogP contribution in [0.25, 0.3) is 11.0 Å². The summed E-state index contributed by atoms with van der Waals surface area (Å²) in [6, 6.07) is 22.2. The number of rotatable bonds is 5. The number of nitrogens with one attached hydrogen (secondary N) is 1. The lowest BCUT2D eigenvalue weighted by Crippen LogP contribution is -2.28. The van der Waals surface area contributed by atoms with Gasteiger partial charge in [-0.2, -0.15) is 0 Å². The molecule has 6 heteroatoms. The van der Waals surface area contributed by atoms with Crippen LogP contribution in [-0.4, -0.2) is 15.5 Å². The Kier molecular flexibility index (Phi) is 5.56. The van der Waals surface area contributed by atoms with Crippen molar-refractivity contribution in [1.29, 1.82) is 0 Å². The Hall–Kier alpha value is -2.82. The lowest BCUT2D eigenvalue weighted by Gasteiger charge is -2.17. The van der Waals surface area contributed by atoms with Gasteiger partial charge in [0, 0.05) is 21.2 Å². The summed E-state index contributed by atoms with van der Waals surface area (Å²) >= 11 is 12.8. The molecule has 0 aliphatic carbocycles. The zero-order chi connectivity index (χ0) is 20.4. The van der Waals surface area contributed by atoms with Crippen LogP contribution >= 0.6 is 23.2 Å². The van der Waals surface area contributed by atoms with Crippen molar-refractivity contribution >= 4 is 40.1 Å². The number of hydrogen-bond donors (Lipinski definition) is 1. The van der Waals surface area contributed by atoms with E-state index >= 15 is 0 Å². The van der Waals surface area contributed by atoms with E-state index < -0.39 is 0 Å². The maximum absolute atomic E-state index is 12.6. The fraction of sp³-hybridized carbons (Fsp3) is 0.130. The average Bonchev–Trinajstić information content (AvgIpc) is 3.10. The zero-order valence-corrected chi connectivity index (χ0v) is 17.3. The van der Waals surface area contributed by atoms with Gasteiger partial charge in [0.1, 0.15) is 5.82 Å². The minimum Gasteiger partial charge on any atom is -0.342 e. The number of aromatic nitrogens is 2. The van der Waals surface area contributed by atoms with Crippen molar-refractivity contribution in [3.05, 3.63) is 99.8 Å². The third kappa shape index (κ3) is 4.00. The third-order valence-corrected chi connectivity index (χ3v) is 5.54. The molecule has 0 aliphatic heterocycles. The number of hydrogen-bond acceptors (Lipinski definition) is 2. The SMILES string of the molecule is C[C@@H](NC(=O)c1ccccc1)c1nc2ccccc2n1Cc1c(Cl)cccc1Cl. The summed E-state index contributed by atoms with van der Waals surface area (Å²) in [5.41, 5.74) is 3.24. The number of nitrogens with zero attached hydrogens (tertiary/aromatic N) is 2. The molecular weight excluding hydrogens is 405 g/mol. The van der Waals surface area contributed by atoms with E-state index in [0.717, 1.165) is 22.4 Å². The summed E-state index contributed by atoms with van der Waals surface area (Å²) in [4.78, 5) is 17.4. The van der Waals surface area contributed by atoms with E-state index in [1.165, 1.54) is 0 Å². The number of carbonyl (C=O) groups is 1. The number of fused-ring (bicyclic) bond motifs is 1. The standard InChI is InChI=1S/C23H19Cl2N3O/c1-15(26-23(29)16-8-3-2-4-9-16)22-27-20-12-5-6-13-21(20)28(22)14-17-18(24)10-7-11-19(17)25/h2-13,15H,14H2,1H3,(H,26,29)/t15-/m1/s1. The molecule has 4 aromatic rings. The van der Waals surface area contributed by atoms with Crippen molar-refractivity contribution in [1.82, 2.24) is 14.9 Å². The molecule has 1 N–H and O–H groups in total. The van der Waals surface area contributed by atoms with Crippen molar-refractivity contribution in [3.8, 4) is 0 Å². The normalized spacial score (nSPS) is 12.1. The molecule has 29 heavy (non-hydrogen) atoms. The van der Waals surface area contributed by atoms with Crippen LogP contribution in [0.1, 0.15) is 34.7 Å². The molecule has 3 aromatic carbocycles. The highest BCUT2D eigenvalue weighted by atomic mass is 35.5. The molecule has 4 rings (SSSR count). The van der Waals surface area contributed by atoms with Crippen molar-refractivity contribution in [2.75, 3.05) is 0 Å². The van der Waals surface area contributed by atoms with Gasteiger partial charge in [0.15, 0.2) is 0 Å². The summed E-state index contributed by atoms with van der Waals surface area (Å²) in [5.74, 6) is 0.596. The van der Waals surface area contributed by atoms with Crippen molar-refractivity contribution in [3.63, 3.8) is 0 Å². The first kappa shape index (κ1) is 19.5. The number of amides is 1. The highest BCUT2D eigenvalue weighted by Gasteiger charge is 2.20. The Balaban J connectivity index is 1.72. The van der Waals surface area contributed by atoms with Crippen LogP contribution in [0.5, 0.6) is 0 Å². The zero-order valence-electron chi connectivity index (χ0n) is 15.8. The molecule has 0 radical (unpaired) electrons. The molecule has 1 amide bonds. The van der Waals surface area contributed by atoms with E-state index in [1.807, 2.05) is 67.6 Å². The predicted molar refractivity (Wildman–Crippen MR) is 118 cm³/mol. The van der Waals surface area contributed by atoms with Gasteiger partial charge in [0.05, 0.1) is 23.6 Å². The molecule has 0 aliphatic rings. The Morgan fingerprint density at radius 2 is 1.62 bits per heavy atom. The molecule has 1 atom stereocenters. The van der Waals surface area contributed by atoms with E-state index in [4.69, 9.17) is 28.2 Å². The Morgan fingerprint density at radius 3 is 2.34 bits per heavy atom. The molecule has 0 spiro atoms. The predicted octanol–water partition coefficient (Wildman–Crippen LogP) is 5.88. The van der Waals surface area contributed by atoms with Gasteiger partial charge in [0.2, 0.25) is 0 Å². The maximum atomic E-state index is 12.6. The number of imidazole rings is 1. The molecule has 0 saturated carbocycles. The topological polar surface area (TPSA) is 46.9 Å². The van der Waals surface area contributed by atoms with Gasteiger partial charge >= 0.3 is 0 Å². The number of halogens is 2. The summed E-state index contributed by atoms with van der Waals surface area (Å²) in [5, 5.41) is 4.24. The summed E-state index contributed by atoms with van der Waals surface area (Å²) in [7, 11) is 0. The second kappa shape index (κ2) is 8.27. The highest BCUT2D eigenvalue weighted by molar-refractivity contribution is 6.36. The lowest BCUT2D eigenvalue weighted by molar-refractivity contribution is 0.0938. The van der Waals surface area contributed by atoms with Gasteiger partial charge in [-0.1, -0.05) is 59.6 Å². The lowest BCUT2D eigenvalue weighted by atomic mass is 10.2. The molecule has 1 aromatic heterocycles. The molecule has 0 saturated heterocycles. The van der Waals surface area contributed by atoms with Crippen LogP contribution in [0.15, 0.2) is 72.8 Å². The molecular formula is C23H19Cl2N3O. The maximum Gasteiger partial charge on any atom is 0.251 e. The molecule has 0 bridgehead atoms. The van der Waals surface area contributed by atoms with Crippen LogP contribution in [0.3, 0.4) is 0 Å². The Labute approximate surface area is 179 Å². The van der Waals surface area contributed by atoms with E-state index in [9.17, 15) is 4.79 Å². The fourth-order valence-electron chi connectivity index (χ4n) is 3.37. The van der Waals surface area contributed by atoms with Gasteiger partial charge in [0.25, 0.3) is 5.91 Å². The van der Waals surface area contributed by atoms with Crippen molar-refractivity contribution in [2.24, 2.45) is 0 Å². The van der Waals surface area contributed by atoms with Crippen LogP contribution in [-0.2, 0) is 6.54 Å². The Bertz CT molecular complexity index is 1150. The van der Waals surface area contributed by atoms with E-state index in [1.54, 1.807) is 12.1 Å². The minimum absolute atomic E-state index is 0.146. The number of para-hydroxylation sites is 2. The van der Waals surface area contributed by atoms with Gasteiger partial charge < -0.3 is 9.88 Å². The first-order valence-electron chi connectivity index (χ1n) is 9.28. The Morgan fingerprint density at radius 1 is 0.966 bits per heavy atom. The summed E-state index contributed by atoms with van der Waals surface area (Å²) in [6.07, 6.45) is 0. The first-order chi connectivity index (χ1) is 14.0. The van der Waals surface area contributed by atoms with Gasteiger partial charge in [-0.25, -0.2) is 4.98 Å². The smallest absolute Gasteiger partial charge is 0.251 e. The van der Waals surface area contributed by atoms with E-state index in [-0.39, 0.29) is 11.9 Å². The largest absolute Gasteiger partial charge is 0.342 e. The first-order valence-corrected chi connectivity index (χ1v) is 10.0. The summed E-state index contributed by atoms with van der Waals surface area (Å²) in [6.45, 7) is 2.38. The van der Waals surface area contributed by atoms with Crippen molar-refractivity contribution < 1.29 is 4.79 Å². The fourth-order valence-corrected chi connectivity index (χ4v) is 3.88. The molecule has 1 heterocycles. The monoisotopic (exact) mass is 423 g/mol. The second-order valence-electron chi connectivity index (χ2n) is 6.81. The third-order valence-electron chi connectivity index (χ3n) is 4.83.